The van der Waals surface area contributed by atoms with E-state index in [1.807, 2.05) is 16.3 Å². The maximum Gasteiger partial charge on any atom is 0.255 e. The Balaban J connectivity index is 2.12. The van der Waals surface area contributed by atoms with Crippen LogP contribution in [0.5, 0.6) is 0 Å². The molecule has 1 aromatic heterocycles. The quantitative estimate of drug-likeness (QED) is 0.713. The predicted molar refractivity (Wildman–Crippen MR) is 79.1 cm³/mol. The first-order valence-corrected chi connectivity index (χ1v) is 8.62. The van der Waals surface area contributed by atoms with Crippen LogP contribution in [0.25, 0.3) is 0 Å². The van der Waals surface area contributed by atoms with Crippen LogP contribution in [0.1, 0.15) is 36.0 Å². The van der Waals surface area contributed by atoms with E-state index in [0.717, 1.165) is 34.1 Å². The lowest BCUT2D eigenvalue weighted by Gasteiger charge is -2.28. The second-order valence-electron chi connectivity index (χ2n) is 4.27. The molecule has 0 bridgehead atoms. The van der Waals surface area contributed by atoms with Crippen LogP contribution in [0.2, 0.25) is 0 Å². The molecule has 2 nitrogen and oxygen atoms in total. The molecule has 2 rings (SSSR count). The van der Waals surface area contributed by atoms with Crippen LogP contribution in [-0.4, -0.2) is 28.7 Å². The summed E-state index contributed by atoms with van der Waals surface area (Å²) in [6, 6.07) is 2.36. The summed E-state index contributed by atoms with van der Waals surface area (Å²) in [4.78, 5) is 14.5. The molecule has 1 aromatic rings. The van der Waals surface area contributed by atoms with Crippen molar-refractivity contribution in [1.82, 2.24) is 4.90 Å². The van der Waals surface area contributed by atoms with Crippen molar-refractivity contribution in [2.75, 3.05) is 11.9 Å². The molecule has 1 heterocycles. The van der Waals surface area contributed by atoms with Crippen molar-refractivity contribution in [3.63, 3.8) is 0 Å². The van der Waals surface area contributed by atoms with E-state index >= 15 is 0 Å². The summed E-state index contributed by atoms with van der Waals surface area (Å²) < 4.78 is 1.02. The third kappa shape index (κ3) is 3.32. The summed E-state index contributed by atoms with van der Waals surface area (Å²) in [7, 11) is 0. The summed E-state index contributed by atoms with van der Waals surface area (Å²) in [6.45, 7) is 0.803. The number of amides is 1. The lowest BCUT2D eigenvalue weighted by molar-refractivity contribution is 0.0697. The molecule has 0 N–H and O–H groups in total. The maximum atomic E-state index is 12.4. The number of thiophene rings is 1. The van der Waals surface area contributed by atoms with Crippen molar-refractivity contribution in [2.24, 2.45) is 0 Å². The van der Waals surface area contributed by atoms with Crippen LogP contribution in [-0.2, 0) is 0 Å². The molecule has 5 heteroatoms. The molecule has 0 aromatic carbocycles. The van der Waals surface area contributed by atoms with Gasteiger partial charge in [-0.3, -0.25) is 4.79 Å². The van der Waals surface area contributed by atoms with E-state index in [-0.39, 0.29) is 5.91 Å². The standard InChI is InChI=1S/C12H15Br2NOS/c13-5-6-15(10-3-1-2-4-10)12(16)9-7-11(14)17-8-9/h7-8,10H,1-6H2. The first kappa shape index (κ1) is 13.6. The molecule has 0 atom stereocenters. The van der Waals surface area contributed by atoms with Gasteiger partial charge in [-0.2, -0.15) is 0 Å². The molecule has 1 aliphatic carbocycles. The monoisotopic (exact) mass is 379 g/mol. The fraction of sp³-hybridized carbons (Fsp3) is 0.583. The highest BCUT2D eigenvalue weighted by Gasteiger charge is 2.27. The smallest absolute Gasteiger partial charge is 0.255 e. The van der Waals surface area contributed by atoms with E-state index in [1.54, 1.807) is 11.3 Å². The van der Waals surface area contributed by atoms with Gasteiger partial charge in [0.2, 0.25) is 0 Å². The highest BCUT2D eigenvalue weighted by atomic mass is 79.9. The van der Waals surface area contributed by atoms with Gasteiger partial charge in [0.15, 0.2) is 0 Å². The number of alkyl halides is 1. The fourth-order valence-electron chi connectivity index (χ4n) is 2.34. The van der Waals surface area contributed by atoms with Gasteiger partial charge in [0.05, 0.1) is 9.35 Å². The number of hydrogen-bond donors (Lipinski definition) is 0. The van der Waals surface area contributed by atoms with Crippen LogP contribution >= 0.6 is 43.2 Å². The van der Waals surface area contributed by atoms with Crippen molar-refractivity contribution < 1.29 is 4.79 Å². The van der Waals surface area contributed by atoms with E-state index in [2.05, 4.69) is 31.9 Å². The molecule has 1 aliphatic rings. The Labute approximate surface area is 123 Å². The van der Waals surface area contributed by atoms with Gasteiger partial charge >= 0.3 is 0 Å². The Bertz CT molecular complexity index is 388. The minimum absolute atomic E-state index is 0.179. The summed E-state index contributed by atoms with van der Waals surface area (Å²) in [5, 5.41) is 2.78. The van der Waals surface area contributed by atoms with Gasteiger partial charge in [-0.15, -0.1) is 11.3 Å². The molecular formula is C12H15Br2NOS. The maximum absolute atomic E-state index is 12.4. The minimum Gasteiger partial charge on any atom is -0.335 e. The molecule has 1 saturated carbocycles. The first-order chi connectivity index (χ1) is 8.22. The summed E-state index contributed by atoms with van der Waals surface area (Å²) in [6.07, 6.45) is 4.82. The molecule has 0 radical (unpaired) electrons. The largest absolute Gasteiger partial charge is 0.335 e. The van der Waals surface area contributed by atoms with E-state index < -0.39 is 0 Å². The van der Waals surface area contributed by atoms with E-state index in [1.165, 1.54) is 12.8 Å². The zero-order valence-corrected chi connectivity index (χ0v) is 13.5. The molecule has 0 saturated heterocycles. The Hall–Kier alpha value is 0.130. The average Bonchev–Trinajstić information content (AvgIpc) is 2.95. The third-order valence-corrected chi connectivity index (χ3v) is 5.03. The number of rotatable bonds is 4. The van der Waals surface area contributed by atoms with E-state index in [9.17, 15) is 4.79 Å². The van der Waals surface area contributed by atoms with Gasteiger partial charge in [0.1, 0.15) is 0 Å². The van der Waals surface area contributed by atoms with Gasteiger partial charge in [-0.1, -0.05) is 28.8 Å². The molecule has 0 unspecified atom stereocenters. The topological polar surface area (TPSA) is 20.3 Å². The lowest BCUT2D eigenvalue weighted by Crippen LogP contribution is -2.39. The van der Waals surface area contributed by atoms with Gasteiger partial charge in [-0.05, 0) is 34.8 Å². The van der Waals surface area contributed by atoms with Crippen LogP contribution < -0.4 is 0 Å². The SMILES string of the molecule is O=C(c1csc(Br)c1)N(CCBr)C1CCCC1. The molecule has 94 valence electrons. The highest BCUT2D eigenvalue weighted by Crippen LogP contribution is 2.27. The number of nitrogens with zero attached hydrogens (tertiary/aromatic N) is 1. The number of carbonyl (C=O) groups excluding carboxylic acids is 1. The molecule has 1 amide bonds. The van der Waals surface area contributed by atoms with E-state index in [4.69, 9.17) is 0 Å². The molecule has 17 heavy (non-hydrogen) atoms. The molecule has 1 fully saturated rings. The zero-order valence-electron chi connectivity index (χ0n) is 9.49. The normalized spacial score (nSPS) is 16.4. The predicted octanol–water partition coefficient (Wildman–Crippen LogP) is 4.29. The van der Waals surface area contributed by atoms with Crippen molar-refractivity contribution in [1.29, 1.82) is 0 Å². The number of hydrogen-bond acceptors (Lipinski definition) is 2. The number of halogens is 2. The van der Waals surface area contributed by atoms with Crippen LogP contribution in [0, 0.1) is 0 Å². The summed E-state index contributed by atoms with van der Waals surface area (Å²) in [5.41, 5.74) is 0.815. The molecule has 0 spiro atoms. The lowest BCUT2D eigenvalue weighted by atomic mass is 10.2. The van der Waals surface area contributed by atoms with Crippen molar-refractivity contribution in [3.8, 4) is 0 Å². The van der Waals surface area contributed by atoms with Crippen LogP contribution in [0.15, 0.2) is 15.2 Å². The van der Waals surface area contributed by atoms with Crippen molar-refractivity contribution >= 4 is 49.1 Å². The van der Waals surface area contributed by atoms with Crippen LogP contribution in [0.4, 0.5) is 0 Å². The van der Waals surface area contributed by atoms with E-state index in [0.29, 0.717) is 6.04 Å². The van der Waals surface area contributed by atoms with Gasteiger partial charge in [-0.25, -0.2) is 0 Å². The Morgan fingerprint density at radius 2 is 2.18 bits per heavy atom. The Morgan fingerprint density at radius 3 is 2.71 bits per heavy atom. The first-order valence-electron chi connectivity index (χ1n) is 5.83. The molecular weight excluding hydrogens is 366 g/mol. The second-order valence-corrected chi connectivity index (χ2v) is 7.35. The molecule has 0 aliphatic heterocycles. The second kappa shape index (κ2) is 6.34. The Morgan fingerprint density at radius 1 is 1.47 bits per heavy atom. The van der Waals surface area contributed by atoms with Crippen molar-refractivity contribution in [2.45, 2.75) is 31.7 Å². The van der Waals surface area contributed by atoms with Crippen molar-refractivity contribution in [3.05, 3.63) is 20.8 Å². The highest BCUT2D eigenvalue weighted by molar-refractivity contribution is 9.11. The Kier molecular flexibility index (Phi) is 5.06. The third-order valence-electron chi connectivity index (χ3n) is 3.17. The summed E-state index contributed by atoms with van der Waals surface area (Å²) >= 11 is 8.42. The number of carbonyl (C=O) groups is 1. The summed E-state index contributed by atoms with van der Waals surface area (Å²) in [5.74, 6) is 0.179. The minimum atomic E-state index is 0.179. The van der Waals surface area contributed by atoms with Gasteiger partial charge < -0.3 is 4.90 Å². The zero-order chi connectivity index (χ0) is 12.3. The van der Waals surface area contributed by atoms with Gasteiger partial charge in [0, 0.05) is 23.3 Å². The fourth-order valence-corrected chi connectivity index (χ4v) is 3.86. The van der Waals surface area contributed by atoms with Crippen LogP contribution in [0.3, 0.4) is 0 Å². The average molecular weight is 381 g/mol. The van der Waals surface area contributed by atoms with Gasteiger partial charge in [0.25, 0.3) is 5.91 Å².